The normalized spacial score (nSPS) is 10.8. The first-order chi connectivity index (χ1) is 4.26. The van der Waals surface area contributed by atoms with Crippen molar-refractivity contribution in [1.29, 1.82) is 0 Å². The molecule has 0 bridgehead atoms. The summed E-state index contributed by atoms with van der Waals surface area (Å²) in [5, 5.41) is 8.15. The summed E-state index contributed by atoms with van der Waals surface area (Å²) in [5.74, 6) is -0.905. The molecule has 0 spiro atoms. The lowest BCUT2D eigenvalue weighted by Crippen LogP contribution is -2.29. The lowest BCUT2D eigenvalue weighted by Gasteiger charge is -1.98. The molecule has 0 saturated carbocycles. The van der Waals surface area contributed by atoms with Gasteiger partial charge >= 0.3 is 5.97 Å². The molecule has 0 aromatic heterocycles. The number of nitrogens with zero attached hydrogens (tertiary/aromatic N) is 1. The Morgan fingerprint density at radius 2 is 2.33 bits per heavy atom. The van der Waals surface area contributed by atoms with E-state index in [1.165, 1.54) is 14.2 Å². The number of ether oxygens (including phenoxy) is 1. The van der Waals surface area contributed by atoms with Crippen molar-refractivity contribution < 1.29 is 14.7 Å². The molecule has 5 nitrogen and oxygen atoms in total. The molecule has 0 aliphatic heterocycles. The summed E-state index contributed by atoms with van der Waals surface area (Å²) in [4.78, 5) is 13.8. The van der Waals surface area contributed by atoms with Gasteiger partial charge in [-0.25, -0.2) is 10.3 Å². The van der Waals surface area contributed by atoms with Gasteiger partial charge in [0.15, 0.2) is 0 Å². The average Bonchev–Trinajstić information content (AvgIpc) is 1.90. The molecule has 0 atom stereocenters. The summed E-state index contributed by atoms with van der Waals surface area (Å²) in [6.45, 7) is 0. The Kier molecular flexibility index (Phi) is 3.38. The zero-order chi connectivity index (χ0) is 7.28. The fourth-order valence-electron chi connectivity index (χ4n) is 0.284. The fourth-order valence-corrected chi connectivity index (χ4v) is 0.284. The molecule has 0 unspecified atom stereocenters. The van der Waals surface area contributed by atoms with Crippen LogP contribution in [0, 0.1) is 0 Å². The maximum atomic E-state index is 10.4. The van der Waals surface area contributed by atoms with E-state index in [0.29, 0.717) is 0 Å². The Morgan fingerprint density at radius 3 is 2.44 bits per heavy atom. The number of methoxy groups -OCH3 is 1. The van der Waals surface area contributed by atoms with E-state index in [4.69, 9.17) is 5.21 Å². The molecule has 0 rings (SSSR count). The van der Waals surface area contributed by atoms with E-state index in [1.807, 2.05) is 0 Å². The van der Waals surface area contributed by atoms with Gasteiger partial charge in [-0.15, -0.1) is 0 Å². The highest BCUT2D eigenvalue weighted by Gasteiger charge is 2.07. The number of carbonyl (C=O) groups is 1. The first-order valence-corrected chi connectivity index (χ1v) is 2.21. The van der Waals surface area contributed by atoms with Gasteiger partial charge in [-0.1, -0.05) is 0 Å². The molecular weight excluding hydrogens is 124 g/mol. The van der Waals surface area contributed by atoms with E-state index in [-0.39, 0.29) is 5.84 Å². The van der Waals surface area contributed by atoms with E-state index in [2.05, 4.69) is 9.73 Å². The maximum absolute atomic E-state index is 10.4. The first kappa shape index (κ1) is 7.90. The highest BCUT2D eigenvalue weighted by Crippen LogP contribution is 1.74. The molecule has 0 fully saturated rings. The number of hydrogen-bond acceptors (Lipinski definition) is 4. The molecule has 52 valence electrons. The predicted molar refractivity (Wildman–Crippen MR) is 30.3 cm³/mol. The molecule has 0 aromatic carbocycles. The molecule has 0 aliphatic rings. The van der Waals surface area contributed by atoms with E-state index in [9.17, 15) is 4.79 Å². The average molecular weight is 132 g/mol. The maximum Gasteiger partial charge on any atom is 0.375 e. The van der Waals surface area contributed by atoms with Gasteiger partial charge < -0.3 is 4.74 Å². The van der Waals surface area contributed by atoms with E-state index in [0.717, 1.165) is 0 Å². The largest absolute Gasteiger partial charge is 0.463 e. The third kappa shape index (κ3) is 2.09. The van der Waals surface area contributed by atoms with Crippen LogP contribution in [0.5, 0.6) is 0 Å². The van der Waals surface area contributed by atoms with Gasteiger partial charge in [-0.05, 0) is 0 Å². The van der Waals surface area contributed by atoms with Gasteiger partial charge in [-0.2, -0.15) is 0 Å². The molecule has 0 aliphatic carbocycles. The second-order valence-electron chi connectivity index (χ2n) is 1.18. The van der Waals surface area contributed by atoms with Gasteiger partial charge in [0, 0.05) is 7.05 Å². The van der Waals surface area contributed by atoms with Crippen LogP contribution in [0.3, 0.4) is 0 Å². The predicted octanol–water partition coefficient (Wildman–Crippen LogP) is -0.834. The number of esters is 1. The Balaban J connectivity index is 3.97. The number of rotatable bonds is 0. The topological polar surface area (TPSA) is 70.9 Å². The fraction of sp³-hybridized carbons (Fsp3) is 0.500. The minimum atomic E-state index is -0.694. The monoisotopic (exact) mass is 132 g/mol. The number of carbonyl (C=O) groups excluding carboxylic acids is 1. The lowest BCUT2D eigenvalue weighted by molar-refractivity contribution is -0.133. The first-order valence-electron chi connectivity index (χ1n) is 2.21. The van der Waals surface area contributed by atoms with Gasteiger partial charge in [0.05, 0.1) is 7.11 Å². The highest BCUT2D eigenvalue weighted by molar-refractivity contribution is 6.34. The Labute approximate surface area is 52.3 Å². The lowest BCUT2D eigenvalue weighted by atomic mass is 10.6. The van der Waals surface area contributed by atoms with Gasteiger partial charge in [-0.3, -0.25) is 10.2 Å². The van der Waals surface area contributed by atoms with E-state index in [1.54, 1.807) is 5.48 Å². The molecule has 0 amide bonds. The summed E-state index contributed by atoms with van der Waals surface area (Å²) < 4.78 is 4.20. The van der Waals surface area contributed by atoms with Crippen LogP contribution in [-0.2, 0) is 9.53 Å². The van der Waals surface area contributed by atoms with Crippen molar-refractivity contribution in [2.24, 2.45) is 4.99 Å². The van der Waals surface area contributed by atoms with Crippen LogP contribution in [0.1, 0.15) is 0 Å². The Bertz CT molecular complexity index is 132. The Hall–Kier alpha value is -1.10. The Morgan fingerprint density at radius 1 is 1.78 bits per heavy atom. The summed E-state index contributed by atoms with van der Waals surface area (Å²) in [6.07, 6.45) is 0. The standard InChI is InChI=1S/C4H8N2O3/c1-5-3(6-8)4(7)9-2/h8H,1-2H3,(H,5,6). The molecule has 2 N–H and O–H groups in total. The van der Waals surface area contributed by atoms with E-state index >= 15 is 0 Å². The quantitative estimate of drug-likeness (QED) is 0.195. The van der Waals surface area contributed by atoms with Crippen molar-refractivity contribution in [2.45, 2.75) is 0 Å². The van der Waals surface area contributed by atoms with Crippen molar-refractivity contribution in [3.63, 3.8) is 0 Å². The van der Waals surface area contributed by atoms with Crippen molar-refractivity contribution in [3.8, 4) is 0 Å². The number of amidine groups is 1. The second-order valence-corrected chi connectivity index (χ2v) is 1.18. The molecule has 5 heteroatoms. The highest BCUT2D eigenvalue weighted by atomic mass is 16.5. The zero-order valence-electron chi connectivity index (χ0n) is 5.21. The summed E-state index contributed by atoms with van der Waals surface area (Å²) in [6, 6.07) is 0. The summed E-state index contributed by atoms with van der Waals surface area (Å²) >= 11 is 0. The summed E-state index contributed by atoms with van der Waals surface area (Å²) in [5.41, 5.74) is 1.58. The number of aliphatic imine (C=N–C) groups is 1. The van der Waals surface area contributed by atoms with Crippen LogP contribution in [-0.4, -0.2) is 31.2 Å². The van der Waals surface area contributed by atoms with Crippen LogP contribution in [0.15, 0.2) is 4.99 Å². The number of hydroxylamine groups is 1. The van der Waals surface area contributed by atoms with Crippen LogP contribution >= 0.6 is 0 Å². The molecule has 0 heterocycles. The van der Waals surface area contributed by atoms with Crippen molar-refractivity contribution in [2.75, 3.05) is 14.2 Å². The van der Waals surface area contributed by atoms with E-state index < -0.39 is 5.97 Å². The number of hydrogen-bond donors (Lipinski definition) is 2. The van der Waals surface area contributed by atoms with Crippen molar-refractivity contribution >= 4 is 11.8 Å². The summed E-state index contributed by atoms with van der Waals surface area (Å²) in [7, 11) is 2.56. The van der Waals surface area contributed by atoms with Crippen LogP contribution in [0.2, 0.25) is 0 Å². The van der Waals surface area contributed by atoms with Gasteiger partial charge in [0.1, 0.15) is 0 Å². The van der Waals surface area contributed by atoms with Crippen LogP contribution in [0.25, 0.3) is 0 Å². The minimum absolute atomic E-state index is 0.211. The van der Waals surface area contributed by atoms with Crippen LogP contribution in [0.4, 0.5) is 0 Å². The zero-order valence-corrected chi connectivity index (χ0v) is 5.21. The smallest absolute Gasteiger partial charge is 0.375 e. The van der Waals surface area contributed by atoms with Crippen molar-refractivity contribution in [3.05, 3.63) is 0 Å². The van der Waals surface area contributed by atoms with Gasteiger partial charge in [0.25, 0.3) is 0 Å². The molecule has 0 radical (unpaired) electrons. The third-order valence-electron chi connectivity index (χ3n) is 0.708. The molecular formula is C4H8N2O3. The van der Waals surface area contributed by atoms with Crippen LogP contribution < -0.4 is 5.48 Å². The van der Waals surface area contributed by atoms with Gasteiger partial charge in [0.2, 0.25) is 5.84 Å². The second kappa shape index (κ2) is 3.85. The molecule has 0 aromatic rings. The van der Waals surface area contributed by atoms with Crippen molar-refractivity contribution in [1.82, 2.24) is 5.48 Å². The minimum Gasteiger partial charge on any atom is -0.463 e. The molecule has 0 saturated heterocycles. The third-order valence-corrected chi connectivity index (χ3v) is 0.708. The SMILES string of the molecule is CN=C(NO)C(=O)OC. The molecule has 9 heavy (non-hydrogen) atoms. The number of nitrogens with one attached hydrogen (secondary N) is 1.